The van der Waals surface area contributed by atoms with Crippen LogP contribution in [0, 0.1) is 5.82 Å². The molecule has 1 aromatic heterocycles. The number of benzene rings is 1. The fraction of sp³-hybridized carbons (Fsp3) is 0.400. The van der Waals surface area contributed by atoms with Crippen LogP contribution in [0.2, 0.25) is 0 Å². The van der Waals surface area contributed by atoms with Crippen LogP contribution in [-0.4, -0.2) is 31.2 Å². The van der Waals surface area contributed by atoms with E-state index in [0.717, 1.165) is 10.9 Å². The number of hydrogen-bond donors (Lipinski definition) is 2. The van der Waals surface area contributed by atoms with Gasteiger partial charge in [0.2, 0.25) is 5.91 Å². The molecule has 0 atom stereocenters. The van der Waals surface area contributed by atoms with Crippen molar-refractivity contribution in [2.24, 2.45) is 0 Å². The van der Waals surface area contributed by atoms with Crippen molar-refractivity contribution in [3.05, 3.63) is 35.8 Å². The lowest BCUT2D eigenvalue weighted by atomic mass is 9.83. The van der Waals surface area contributed by atoms with Crippen LogP contribution in [0.25, 0.3) is 10.9 Å². The highest BCUT2D eigenvalue weighted by atomic mass is 19.1. The zero-order chi connectivity index (χ0) is 14.8. The Bertz CT molecular complexity index is 619. The third kappa shape index (κ3) is 2.67. The Morgan fingerprint density at radius 3 is 2.90 bits per heavy atom. The van der Waals surface area contributed by atoms with Gasteiger partial charge in [0.1, 0.15) is 5.82 Å². The molecule has 0 spiro atoms. The van der Waals surface area contributed by atoms with Gasteiger partial charge < -0.3 is 15.0 Å². The second-order valence-electron chi connectivity index (χ2n) is 5.27. The zero-order valence-corrected chi connectivity index (χ0v) is 11.9. The maximum absolute atomic E-state index is 13.2. The van der Waals surface area contributed by atoms with Gasteiger partial charge in [0, 0.05) is 30.8 Å². The Hall–Kier alpha value is -1.88. The smallest absolute Gasteiger partial charge is 0.230 e. The number of hydrogen-bond acceptors (Lipinski definition) is 2. The van der Waals surface area contributed by atoms with E-state index < -0.39 is 5.41 Å². The fourth-order valence-corrected chi connectivity index (χ4v) is 2.23. The zero-order valence-electron chi connectivity index (χ0n) is 11.9. The van der Waals surface area contributed by atoms with Gasteiger partial charge in [-0.15, -0.1) is 0 Å². The van der Waals surface area contributed by atoms with E-state index in [2.05, 4.69) is 10.3 Å². The van der Waals surface area contributed by atoms with Gasteiger partial charge in [-0.3, -0.25) is 4.79 Å². The summed E-state index contributed by atoms with van der Waals surface area (Å²) in [7, 11) is 1.59. The lowest BCUT2D eigenvalue weighted by Crippen LogP contribution is -2.41. The largest absolute Gasteiger partial charge is 0.383 e. The highest BCUT2D eigenvalue weighted by molar-refractivity contribution is 5.94. The Morgan fingerprint density at radius 1 is 1.45 bits per heavy atom. The van der Waals surface area contributed by atoms with Gasteiger partial charge in [0.05, 0.1) is 12.0 Å². The average molecular weight is 278 g/mol. The second kappa shape index (κ2) is 5.63. The van der Waals surface area contributed by atoms with Crippen molar-refractivity contribution in [1.29, 1.82) is 0 Å². The fourth-order valence-electron chi connectivity index (χ4n) is 2.23. The molecule has 2 aromatic rings. The number of methoxy groups -OCH3 is 1. The van der Waals surface area contributed by atoms with Crippen molar-refractivity contribution in [3.8, 4) is 0 Å². The molecule has 20 heavy (non-hydrogen) atoms. The summed E-state index contributed by atoms with van der Waals surface area (Å²) in [5.41, 5.74) is 0.837. The molecule has 5 heteroatoms. The summed E-state index contributed by atoms with van der Waals surface area (Å²) in [5, 5.41) is 3.70. The quantitative estimate of drug-likeness (QED) is 0.825. The number of aromatic nitrogens is 1. The Balaban J connectivity index is 2.29. The predicted octanol–water partition coefficient (Wildman–Crippen LogP) is 2.35. The van der Waals surface area contributed by atoms with E-state index in [0.29, 0.717) is 18.7 Å². The number of amides is 1. The van der Waals surface area contributed by atoms with Crippen LogP contribution in [0.15, 0.2) is 24.4 Å². The first kappa shape index (κ1) is 14.5. The predicted molar refractivity (Wildman–Crippen MR) is 76.2 cm³/mol. The van der Waals surface area contributed by atoms with Gasteiger partial charge in [-0.2, -0.15) is 0 Å². The van der Waals surface area contributed by atoms with Gasteiger partial charge >= 0.3 is 0 Å². The van der Waals surface area contributed by atoms with Crippen molar-refractivity contribution in [2.75, 3.05) is 20.3 Å². The minimum Gasteiger partial charge on any atom is -0.383 e. The molecule has 1 aromatic carbocycles. The highest BCUT2D eigenvalue weighted by Crippen LogP contribution is 2.30. The van der Waals surface area contributed by atoms with E-state index in [1.54, 1.807) is 19.4 Å². The van der Waals surface area contributed by atoms with E-state index in [9.17, 15) is 9.18 Å². The number of ether oxygens (including phenoxy) is 1. The lowest BCUT2D eigenvalue weighted by molar-refractivity contribution is -0.125. The molecule has 1 amide bonds. The van der Waals surface area contributed by atoms with Crippen molar-refractivity contribution in [3.63, 3.8) is 0 Å². The third-order valence-corrected chi connectivity index (χ3v) is 3.48. The number of rotatable bonds is 5. The maximum Gasteiger partial charge on any atom is 0.230 e. The molecule has 0 radical (unpaired) electrons. The van der Waals surface area contributed by atoms with Crippen LogP contribution in [0.5, 0.6) is 0 Å². The van der Waals surface area contributed by atoms with Crippen LogP contribution in [0.3, 0.4) is 0 Å². The van der Waals surface area contributed by atoms with E-state index in [4.69, 9.17) is 4.74 Å². The summed E-state index contributed by atoms with van der Waals surface area (Å²) in [5.74, 6) is -0.381. The van der Waals surface area contributed by atoms with Crippen LogP contribution in [-0.2, 0) is 14.9 Å². The standard InChI is InChI=1S/C15H19FN2O2/c1-15(2,14(19)17-6-7-20-3)12-9-18-13-8-10(16)4-5-11(12)13/h4-5,8-9,18H,6-7H2,1-3H3,(H,17,19). The minimum absolute atomic E-state index is 0.0835. The van der Waals surface area contributed by atoms with E-state index in [-0.39, 0.29) is 11.7 Å². The van der Waals surface area contributed by atoms with E-state index >= 15 is 0 Å². The van der Waals surface area contributed by atoms with E-state index in [1.807, 2.05) is 13.8 Å². The summed E-state index contributed by atoms with van der Waals surface area (Å²) < 4.78 is 18.1. The van der Waals surface area contributed by atoms with Gasteiger partial charge in [-0.1, -0.05) is 0 Å². The summed E-state index contributed by atoms with van der Waals surface area (Å²) in [6, 6.07) is 4.52. The molecule has 0 saturated heterocycles. The van der Waals surface area contributed by atoms with Gasteiger partial charge in [0.15, 0.2) is 0 Å². The van der Waals surface area contributed by atoms with Crippen LogP contribution in [0.1, 0.15) is 19.4 Å². The van der Waals surface area contributed by atoms with Gasteiger partial charge in [-0.25, -0.2) is 4.39 Å². The maximum atomic E-state index is 13.2. The first-order chi connectivity index (χ1) is 9.46. The minimum atomic E-state index is -0.705. The second-order valence-corrected chi connectivity index (χ2v) is 5.27. The monoisotopic (exact) mass is 278 g/mol. The Labute approximate surface area is 117 Å². The normalized spacial score (nSPS) is 11.8. The molecule has 2 rings (SSSR count). The molecular formula is C15H19FN2O2. The van der Waals surface area contributed by atoms with Crippen molar-refractivity contribution in [2.45, 2.75) is 19.3 Å². The average Bonchev–Trinajstić information content (AvgIpc) is 2.82. The first-order valence-corrected chi connectivity index (χ1v) is 6.51. The first-order valence-electron chi connectivity index (χ1n) is 6.51. The van der Waals surface area contributed by atoms with Crippen molar-refractivity contribution in [1.82, 2.24) is 10.3 Å². The molecule has 0 unspecified atom stereocenters. The number of carbonyl (C=O) groups excluding carboxylic acids is 1. The third-order valence-electron chi connectivity index (χ3n) is 3.48. The molecule has 1 heterocycles. The van der Waals surface area contributed by atoms with Crippen molar-refractivity contribution >= 4 is 16.8 Å². The molecule has 4 nitrogen and oxygen atoms in total. The molecule has 0 aliphatic rings. The number of fused-ring (bicyclic) bond motifs is 1. The SMILES string of the molecule is COCCNC(=O)C(C)(C)c1c[nH]c2cc(F)ccc12. The van der Waals surface area contributed by atoms with Crippen LogP contribution in [0.4, 0.5) is 4.39 Å². The van der Waals surface area contributed by atoms with Crippen LogP contribution < -0.4 is 5.32 Å². The highest BCUT2D eigenvalue weighted by Gasteiger charge is 2.31. The Kier molecular flexibility index (Phi) is 4.09. The molecule has 0 aliphatic carbocycles. The molecule has 0 fully saturated rings. The summed E-state index contributed by atoms with van der Waals surface area (Å²) >= 11 is 0. The topological polar surface area (TPSA) is 54.1 Å². The summed E-state index contributed by atoms with van der Waals surface area (Å²) in [6.07, 6.45) is 1.76. The van der Waals surface area contributed by atoms with Crippen molar-refractivity contribution < 1.29 is 13.9 Å². The number of halogens is 1. The Morgan fingerprint density at radius 2 is 2.20 bits per heavy atom. The lowest BCUT2D eigenvalue weighted by Gasteiger charge is -2.23. The number of nitrogens with one attached hydrogen (secondary N) is 2. The van der Waals surface area contributed by atoms with E-state index in [1.165, 1.54) is 12.1 Å². The summed E-state index contributed by atoms with van der Waals surface area (Å²) in [6.45, 7) is 4.64. The number of aromatic amines is 1. The molecule has 2 N–H and O–H groups in total. The molecular weight excluding hydrogens is 259 g/mol. The number of H-pyrrole nitrogens is 1. The molecule has 0 bridgehead atoms. The molecule has 0 saturated carbocycles. The molecule has 0 aliphatic heterocycles. The van der Waals surface area contributed by atoms with Gasteiger partial charge in [0.25, 0.3) is 0 Å². The van der Waals surface area contributed by atoms with Gasteiger partial charge in [-0.05, 0) is 37.6 Å². The number of carbonyl (C=O) groups is 1. The summed E-state index contributed by atoms with van der Waals surface area (Å²) in [4.78, 5) is 15.3. The molecule has 108 valence electrons. The van der Waals surface area contributed by atoms with Crippen LogP contribution >= 0.6 is 0 Å².